The van der Waals surface area contributed by atoms with E-state index in [0.29, 0.717) is 12.5 Å². The zero-order valence-electron chi connectivity index (χ0n) is 13.9. The standard InChI is InChI=1S/C20H21N3O/c1-15(2)17-8-10-19(11-9-17)22-14-18(12-21)20(24)23-13-16-6-4-3-5-7-16/h3-11,14-15,22H,13H2,1-2H3,(H,23,24)/b18-14+. The van der Waals surface area contributed by atoms with E-state index in [4.69, 9.17) is 5.26 Å². The Hall–Kier alpha value is -3.06. The normalized spacial score (nSPS) is 11.0. The number of rotatable bonds is 6. The number of amides is 1. The second-order valence-electron chi connectivity index (χ2n) is 5.76. The van der Waals surface area contributed by atoms with E-state index in [1.807, 2.05) is 60.7 Å². The van der Waals surface area contributed by atoms with Gasteiger partial charge >= 0.3 is 0 Å². The largest absolute Gasteiger partial charge is 0.360 e. The number of nitrogens with zero attached hydrogens (tertiary/aromatic N) is 1. The van der Waals surface area contributed by atoms with Crippen LogP contribution in [-0.4, -0.2) is 5.91 Å². The van der Waals surface area contributed by atoms with Crippen LogP contribution in [0.25, 0.3) is 0 Å². The number of benzene rings is 2. The molecule has 122 valence electrons. The molecule has 1 amide bonds. The summed E-state index contributed by atoms with van der Waals surface area (Å²) in [5.41, 5.74) is 3.10. The van der Waals surface area contributed by atoms with Crippen molar-refractivity contribution in [2.75, 3.05) is 5.32 Å². The highest BCUT2D eigenvalue weighted by atomic mass is 16.1. The molecule has 0 unspecified atom stereocenters. The van der Waals surface area contributed by atoms with Crippen LogP contribution in [-0.2, 0) is 11.3 Å². The quantitative estimate of drug-likeness (QED) is 0.626. The molecule has 0 saturated heterocycles. The van der Waals surface area contributed by atoms with Gasteiger partial charge in [-0.15, -0.1) is 0 Å². The van der Waals surface area contributed by atoms with Crippen LogP contribution in [0.5, 0.6) is 0 Å². The van der Waals surface area contributed by atoms with Crippen molar-refractivity contribution in [2.45, 2.75) is 26.3 Å². The number of nitriles is 1. The molecule has 2 rings (SSSR count). The van der Waals surface area contributed by atoms with Gasteiger partial charge in [-0.1, -0.05) is 56.3 Å². The monoisotopic (exact) mass is 319 g/mol. The Labute approximate surface area is 142 Å². The first kappa shape index (κ1) is 17.3. The van der Waals surface area contributed by atoms with Crippen molar-refractivity contribution in [3.63, 3.8) is 0 Å². The fraction of sp³-hybridized carbons (Fsp3) is 0.200. The van der Waals surface area contributed by atoms with Crippen LogP contribution >= 0.6 is 0 Å². The van der Waals surface area contributed by atoms with Gasteiger partial charge in [0, 0.05) is 18.4 Å². The highest BCUT2D eigenvalue weighted by Crippen LogP contribution is 2.17. The molecule has 2 aromatic carbocycles. The topological polar surface area (TPSA) is 64.9 Å². The van der Waals surface area contributed by atoms with Crippen LogP contribution in [0, 0.1) is 11.3 Å². The Morgan fingerprint density at radius 1 is 1.12 bits per heavy atom. The van der Waals surface area contributed by atoms with Crippen molar-refractivity contribution in [3.8, 4) is 6.07 Å². The summed E-state index contributed by atoms with van der Waals surface area (Å²) >= 11 is 0. The van der Waals surface area contributed by atoms with E-state index >= 15 is 0 Å². The van der Waals surface area contributed by atoms with E-state index in [9.17, 15) is 4.79 Å². The van der Waals surface area contributed by atoms with E-state index < -0.39 is 5.91 Å². The fourth-order valence-corrected chi connectivity index (χ4v) is 2.14. The molecule has 0 atom stereocenters. The summed E-state index contributed by atoms with van der Waals surface area (Å²) in [6.07, 6.45) is 1.44. The Balaban J connectivity index is 1.95. The molecule has 0 aromatic heterocycles. The van der Waals surface area contributed by atoms with E-state index in [0.717, 1.165) is 11.3 Å². The summed E-state index contributed by atoms with van der Waals surface area (Å²) in [5.74, 6) is 0.0701. The van der Waals surface area contributed by atoms with Gasteiger partial charge in [-0.25, -0.2) is 0 Å². The summed E-state index contributed by atoms with van der Waals surface area (Å²) in [6, 6.07) is 19.4. The van der Waals surface area contributed by atoms with Crippen molar-refractivity contribution in [3.05, 3.63) is 77.5 Å². The summed E-state index contributed by atoms with van der Waals surface area (Å²) < 4.78 is 0. The molecule has 0 aliphatic rings. The predicted molar refractivity (Wildman–Crippen MR) is 96.1 cm³/mol. The van der Waals surface area contributed by atoms with Crippen molar-refractivity contribution in [1.29, 1.82) is 5.26 Å². The molecule has 0 heterocycles. The average Bonchev–Trinajstić information content (AvgIpc) is 2.61. The zero-order chi connectivity index (χ0) is 17.4. The molecule has 2 aromatic rings. The molecular weight excluding hydrogens is 298 g/mol. The molecule has 0 fully saturated rings. The van der Waals surface area contributed by atoms with Crippen LogP contribution in [0.3, 0.4) is 0 Å². The van der Waals surface area contributed by atoms with Gasteiger partial charge in [0.05, 0.1) is 0 Å². The van der Waals surface area contributed by atoms with Gasteiger partial charge in [-0.2, -0.15) is 5.26 Å². The molecule has 0 spiro atoms. The third-order valence-electron chi connectivity index (χ3n) is 3.62. The molecule has 0 bridgehead atoms. The van der Waals surface area contributed by atoms with Crippen molar-refractivity contribution < 1.29 is 4.79 Å². The highest BCUT2D eigenvalue weighted by molar-refractivity contribution is 5.97. The van der Waals surface area contributed by atoms with E-state index in [1.165, 1.54) is 11.8 Å². The third-order valence-corrected chi connectivity index (χ3v) is 3.62. The lowest BCUT2D eigenvalue weighted by molar-refractivity contribution is -0.117. The summed E-state index contributed by atoms with van der Waals surface area (Å²) in [4.78, 5) is 12.1. The van der Waals surface area contributed by atoms with Gasteiger partial charge in [0.1, 0.15) is 11.6 Å². The van der Waals surface area contributed by atoms with Gasteiger partial charge in [-0.05, 0) is 29.2 Å². The number of anilines is 1. The smallest absolute Gasteiger partial charge is 0.263 e. The van der Waals surface area contributed by atoms with Crippen LogP contribution in [0.1, 0.15) is 30.9 Å². The molecule has 2 N–H and O–H groups in total. The SMILES string of the molecule is CC(C)c1ccc(N/C=C(\C#N)C(=O)NCc2ccccc2)cc1. The van der Waals surface area contributed by atoms with Crippen molar-refractivity contribution in [1.82, 2.24) is 5.32 Å². The van der Waals surface area contributed by atoms with E-state index in [1.54, 1.807) is 0 Å². The molecule has 0 radical (unpaired) electrons. The van der Waals surface area contributed by atoms with E-state index in [-0.39, 0.29) is 5.57 Å². The number of carbonyl (C=O) groups is 1. The van der Waals surface area contributed by atoms with Crippen molar-refractivity contribution in [2.24, 2.45) is 0 Å². The zero-order valence-corrected chi connectivity index (χ0v) is 13.9. The van der Waals surface area contributed by atoms with E-state index in [2.05, 4.69) is 24.5 Å². The maximum absolute atomic E-state index is 12.1. The number of carbonyl (C=O) groups excluding carboxylic acids is 1. The number of hydrogen-bond donors (Lipinski definition) is 2. The number of nitrogens with one attached hydrogen (secondary N) is 2. The molecule has 4 heteroatoms. The van der Waals surface area contributed by atoms with Gasteiger partial charge in [0.2, 0.25) is 0 Å². The maximum Gasteiger partial charge on any atom is 0.263 e. The first-order valence-corrected chi connectivity index (χ1v) is 7.89. The number of hydrogen-bond acceptors (Lipinski definition) is 3. The Morgan fingerprint density at radius 3 is 2.38 bits per heavy atom. The lowest BCUT2D eigenvalue weighted by atomic mass is 10.0. The maximum atomic E-state index is 12.1. The minimum absolute atomic E-state index is 0.0406. The first-order valence-electron chi connectivity index (χ1n) is 7.89. The third kappa shape index (κ3) is 4.99. The van der Waals surface area contributed by atoms with Crippen LogP contribution < -0.4 is 10.6 Å². The lowest BCUT2D eigenvalue weighted by Gasteiger charge is -2.07. The van der Waals surface area contributed by atoms with Crippen LogP contribution in [0.2, 0.25) is 0 Å². The van der Waals surface area contributed by atoms with Gasteiger partial charge in [-0.3, -0.25) is 4.79 Å². The summed E-state index contributed by atoms with van der Waals surface area (Å²) in [5, 5.41) is 14.9. The molecule has 0 aliphatic carbocycles. The molecule has 0 saturated carbocycles. The van der Waals surface area contributed by atoms with Gasteiger partial charge < -0.3 is 10.6 Å². The average molecular weight is 319 g/mol. The second kappa shape index (κ2) is 8.54. The van der Waals surface area contributed by atoms with Gasteiger partial charge in [0.25, 0.3) is 5.91 Å². The van der Waals surface area contributed by atoms with Crippen LogP contribution in [0.15, 0.2) is 66.4 Å². The summed E-state index contributed by atoms with van der Waals surface area (Å²) in [7, 11) is 0. The summed E-state index contributed by atoms with van der Waals surface area (Å²) in [6.45, 7) is 4.65. The molecule has 24 heavy (non-hydrogen) atoms. The highest BCUT2D eigenvalue weighted by Gasteiger charge is 2.08. The Morgan fingerprint density at radius 2 is 1.79 bits per heavy atom. The lowest BCUT2D eigenvalue weighted by Crippen LogP contribution is -2.24. The fourth-order valence-electron chi connectivity index (χ4n) is 2.14. The molecule has 4 nitrogen and oxygen atoms in total. The Kier molecular flexibility index (Phi) is 6.16. The minimum Gasteiger partial charge on any atom is -0.360 e. The van der Waals surface area contributed by atoms with Crippen molar-refractivity contribution >= 4 is 11.6 Å². The predicted octanol–water partition coefficient (Wildman–Crippen LogP) is 3.95. The first-order chi connectivity index (χ1) is 11.6. The molecule has 0 aliphatic heterocycles. The Bertz CT molecular complexity index is 741. The van der Waals surface area contributed by atoms with Crippen LogP contribution in [0.4, 0.5) is 5.69 Å². The minimum atomic E-state index is -0.396. The van der Waals surface area contributed by atoms with Gasteiger partial charge in [0.15, 0.2) is 0 Å². The second-order valence-corrected chi connectivity index (χ2v) is 5.76. The molecular formula is C20H21N3O.